The summed E-state index contributed by atoms with van der Waals surface area (Å²) in [5.41, 5.74) is -0.195. The predicted molar refractivity (Wildman–Crippen MR) is 73.1 cm³/mol. The quantitative estimate of drug-likeness (QED) is 0.748. The number of anilines is 1. The lowest BCUT2D eigenvalue weighted by molar-refractivity contribution is 0.708. The molecule has 0 amide bonds. The minimum absolute atomic E-state index is 0.0199. The van der Waals surface area contributed by atoms with Crippen LogP contribution in [0.1, 0.15) is 13.3 Å². The van der Waals surface area contributed by atoms with Crippen LogP contribution in [0.25, 0.3) is 11.2 Å². The third kappa shape index (κ3) is 2.12. The third-order valence-corrected chi connectivity index (χ3v) is 2.90. The number of terminal acetylenes is 1. The van der Waals surface area contributed by atoms with Crippen LogP contribution in [0.2, 0.25) is 0 Å². The topological polar surface area (TPSA) is 84.7 Å². The Hall–Kier alpha value is -2.49. The fraction of sp³-hybridized carbons (Fsp3) is 0.417. The second-order valence-electron chi connectivity index (χ2n) is 4.44. The Labute approximate surface area is 109 Å². The molecule has 100 valence electrons. The first-order valence-electron chi connectivity index (χ1n) is 5.81. The first kappa shape index (κ1) is 13.0. The number of nitrogens with one attached hydrogen (secondary N) is 2. The molecule has 7 nitrogen and oxygen atoms in total. The summed E-state index contributed by atoms with van der Waals surface area (Å²) in [5.74, 6) is 2.96. The lowest BCUT2D eigenvalue weighted by atomic mass is 10.2. The normalized spacial score (nSPS) is 12.3. The molecule has 2 N–H and O–H groups in total. The van der Waals surface area contributed by atoms with Crippen LogP contribution in [0.5, 0.6) is 0 Å². The first-order valence-corrected chi connectivity index (χ1v) is 5.81. The Balaban J connectivity index is 2.56. The number of fused-ring (bicyclic) bond motifs is 1. The van der Waals surface area contributed by atoms with Crippen molar-refractivity contribution in [3.63, 3.8) is 0 Å². The second-order valence-corrected chi connectivity index (χ2v) is 4.44. The van der Waals surface area contributed by atoms with Crippen molar-refractivity contribution in [2.45, 2.75) is 19.4 Å². The fourth-order valence-corrected chi connectivity index (χ4v) is 1.86. The van der Waals surface area contributed by atoms with Crippen molar-refractivity contribution in [3.8, 4) is 12.3 Å². The van der Waals surface area contributed by atoms with Gasteiger partial charge in [-0.05, 0) is 6.92 Å². The standard InChI is InChI=1S/C12H15N5O2/c1-5-6-7(2)13-11-14-8-9(15-11)16(3)12(19)17(4)10(8)18/h1,7H,6H2,2-4H3,(H2,13,14,15). The van der Waals surface area contributed by atoms with Crippen molar-refractivity contribution in [2.24, 2.45) is 14.1 Å². The number of aromatic amines is 1. The van der Waals surface area contributed by atoms with Gasteiger partial charge in [-0.1, -0.05) is 0 Å². The van der Waals surface area contributed by atoms with Gasteiger partial charge in [0.1, 0.15) is 0 Å². The summed E-state index contributed by atoms with van der Waals surface area (Å²) in [6.07, 6.45) is 5.76. The molecule has 0 bridgehead atoms. The number of imidazole rings is 1. The maximum absolute atomic E-state index is 11.9. The minimum atomic E-state index is -0.410. The zero-order valence-electron chi connectivity index (χ0n) is 11.0. The second kappa shape index (κ2) is 4.65. The third-order valence-electron chi connectivity index (χ3n) is 2.90. The van der Waals surface area contributed by atoms with E-state index >= 15 is 0 Å². The van der Waals surface area contributed by atoms with Crippen LogP contribution in [-0.2, 0) is 14.1 Å². The number of H-pyrrole nitrogens is 1. The van der Waals surface area contributed by atoms with E-state index in [4.69, 9.17) is 6.42 Å². The van der Waals surface area contributed by atoms with Gasteiger partial charge in [-0.3, -0.25) is 13.9 Å². The Morgan fingerprint density at radius 1 is 1.42 bits per heavy atom. The van der Waals surface area contributed by atoms with E-state index in [0.717, 1.165) is 4.57 Å². The number of rotatable bonds is 3. The molecule has 0 fully saturated rings. The van der Waals surface area contributed by atoms with E-state index < -0.39 is 11.2 Å². The van der Waals surface area contributed by atoms with Crippen LogP contribution < -0.4 is 16.6 Å². The molecule has 2 rings (SSSR count). The van der Waals surface area contributed by atoms with E-state index in [9.17, 15) is 9.59 Å². The lowest BCUT2D eigenvalue weighted by Gasteiger charge is -2.08. The van der Waals surface area contributed by atoms with Gasteiger partial charge >= 0.3 is 5.69 Å². The molecule has 0 radical (unpaired) electrons. The maximum atomic E-state index is 11.9. The molecule has 0 aliphatic heterocycles. The van der Waals surface area contributed by atoms with Gasteiger partial charge in [0.25, 0.3) is 5.56 Å². The molecular formula is C12H15N5O2. The molecule has 0 aromatic carbocycles. The van der Waals surface area contributed by atoms with Crippen LogP contribution in [0.3, 0.4) is 0 Å². The van der Waals surface area contributed by atoms with E-state index in [1.54, 1.807) is 7.05 Å². The summed E-state index contributed by atoms with van der Waals surface area (Å²) in [6, 6.07) is 0.0199. The molecule has 0 aliphatic rings. The summed E-state index contributed by atoms with van der Waals surface area (Å²) in [7, 11) is 3.00. The van der Waals surface area contributed by atoms with E-state index in [1.165, 1.54) is 11.6 Å². The van der Waals surface area contributed by atoms with Gasteiger partial charge in [0, 0.05) is 26.6 Å². The average molecular weight is 261 g/mol. The van der Waals surface area contributed by atoms with Gasteiger partial charge < -0.3 is 10.3 Å². The minimum Gasteiger partial charge on any atom is -0.352 e. The summed E-state index contributed by atoms with van der Waals surface area (Å²) in [4.78, 5) is 30.8. The molecular weight excluding hydrogens is 246 g/mol. The monoisotopic (exact) mass is 261 g/mol. The molecule has 2 heterocycles. The van der Waals surface area contributed by atoms with Crippen molar-refractivity contribution >= 4 is 17.1 Å². The molecule has 0 saturated carbocycles. The van der Waals surface area contributed by atoms with Gasteiger partial charge in [0.05, 0.1) is 0 Å². The Bertz CT molecular complexity index is 774. The fourth-order valence-electron chi connectivity index (χ4n) is 1.86. The molecule has 2 aromatic heterocycles. The highest BCUT2D eigenvalue weighted by Crippen LogP contribution is 2.09. The number of hydrogen-bond acceptors (Lipinski definition) is 4. The highest BCUT2D eigenvalue weighted by Gasteiger charge is 2.13. The van der Waals surface area contributed by atoms with Crippen molar-refractivity contribution < 1.29 is 0 Å². The molecule has 1 unspecified atom stereocenters. The smallest absolute Gasteiger partial charge is 0.332 e. The first-order chi connectivity index (χ1) is 8.95. The Morgan fingerprint density at radius 3 is 2.74 bits per heavy atom. The molecule has 1 atom stereocenters. The Morgan fingerprint density at radius 2 is 2.11 bits per heavy atom. The largest absolute Gasteiger partial charge is 0.352 e. The number of nitrogens with zero attached hydrogens (tertiary/aromatic N) is 3. The number of hydrogen-bond donors (Lipinski definition) is 2. The molecule has 2 aromatic rings. The van der Waals surface area contributed by atoms with E-state index in [0.29, 0.717) is 23.5 Å². The summed E-state index contributed by atoms with van der Waals surface area (Å²) < 4.78 is 2.36. The van der Waals surface area contributed by atoms with Crippen molar-refractivity contribution in [2.75, 3.05) is 5.32 Å². The maximum Gasteiger partial charge on any atom is 0.332 e. The van der Waals surface area contributed by atoms with Gasteiger partial charge in [0.2, 0.25) is 5.95 Å². The van der Waals surface area contributed by atoms with Crippen LogP contribution in [-0.4, -0.2) is 25.1 Å². The van der Waals surface area contributed by atoms with E-state index in [2.05, 4.69) is 21.2 Å². The van der Waals surface area contributed by atoms with Gasteiger partial charge in [-0.25, -0.2) is 4.79 Å². The molecule has 0 spiro atoms. The van der Waals surface area contributed by atoms with Crippen LogP contribution >= 0.6 is 0 Å². The highest BCUT2D eigenvalue weighted by atomic mass is 16.2. The average Bonchev–Trinajstić information content (AvgIpc) is 2.78. The molecule has 0 saturated heterocycles. The summed E-state index contributed by atoms with van der Waals surface area (Å²) >= 11 is 0. The van der Waals surface area contributed by atoms with Crippen LogP contribution in [0.4, 0.5) is 5.95 Å². The zero-order chi connectivity index (χ0) is 14.2. The van der Waals surface area contributed by atoms with Gasteiger partial charge in [0.15, 0.2) is 11.2 Å². The van der Waals surface area contributed by atoms with E-state index in [1.807, 2.05) is 6.92 Å². The SMILES string of the molecule is C#CCC(C)Nc1nc2c([nH]1)c(=O)n(C)c(=O)n2C. The molecule has 0 aliphatic carbocycles. The lowest BCUT2D eigenvalue weighted by Crippen LogP contribution is -2.36. The van der Waals surface area contributed by atoms with Crippen LogP contribution in [0, 0.1) is 12.3 Å². The van der Waals surface area contributed by atoms with E-state index in [-0.39, 0.29) is 6.04 Å². The highest BCUT2D eigenvalue weighted by molar-refractivity contribution is 5.72. The Kier molecular flexibility index (Phi) is 3.17. The van der Waals surface area contributed by atoms with Crippen molar-refractivity contribution in [3.05, 3.63) is 20.8 Å². The number of aromatic nitrogens is 4. The summed E-state index contributed by atoms with van der Waals surface area (Å²) in [5, 5.41) is 3.05. The molecule has 19 heavy (non-hydrogen) atoms. The molecule has 7 heteroatoms. The predicted octanol–water partition coefficient (Wildman–Crippen LogP) is -0.216. The van der Waals surface area contributed by atoms with Gasteiger partial charge in [-0.15, -0.1) is 12.3 Å². The van der Waals surface area contributed by atoms with Crippen molar-refractivity contribution in [1.29, 1.82) is 0 Å². The van der Waals surface area contributed by atoms with Crippen molar-refractivity contribution in [1.82, 2.24) is 19.1 Å². The summed E-state index contributed by atoms with van der Waals surface area (Å²) in [6.45, 7) is 1.91. The number of aryl methyl sites for hydroxylation is 1. The van der Waals surface area contributed by atoms with Gasteiger partial charge in [-0.2, -0.15) is 4.98 Å². The van der Waals surface area contributed by atoms with Crippen LogP contribution in [0.15, 0.2) is 9.59 Å². The zero-order valence-corrected chi connectivity index (χ0v) is 11.0.